The number of halogens is 6. The van der Waals surface area contributed by atoms with E-state index >= 15 is 0 Å². The van der Waals surface area contributed by atoms with Gasteiger partial charge in [0.25, 0.3) is 0 Å². The van der Waals surface area contributed by atoms with Crippen molar-refractivity contribution in [3.63, 3.8) is 0 Å². The Morgan fingerprint density at radius 2 is 1.22 bits per heavy atom. The summed E-state index contributed by atoms with van der Waals surface area (Å²) in [5, 5.41) is 11.3. The largest absolute Gasteiger partial charge is 0.251 e. The van der Waals surface area contributed by atoms with Crippen LogP contribution in [0.15, 0.2) is 36.4 Å². The smallest absolute Gasteiger partial charge is 0.0781 e. The molecule has 3 rings (SSSR count). The van der Waals surface area contributed by atoms with Gasteiger partial charge in [-0.15, -0.1) is 0 Å². The van der Waals surface area contributed by atoms with E-state index in [-0.39, 0.29) is 16.5 Å². The number of nitriles is 1. The average molecular weight is 477 g/mol. The fourth-order valence-electron chi connectivity index (χ4n) is 2.61. The van der Waals surface area contributed by atoms with Crippen molar-refractivity contribution in [2.75, 3.05) is 0 Å². The molecule has 0 bridgehead atoms. The normalized spacial score (nSPS) is 10.7. The highest BCUT2D eigenvalue weighted by atomic mass is 35.5. The average Bonchev–Trinajstić information content (AvgIpc) is 2.64. The third-order valence-electron chi connectivity index (χ3n) is 3.83. The number of hydrogen-bond donors (Lipinski definition) is 0. The number of hydrogen-bond acceptors (Lipinski definition) is 2. The highest BCUT2D eigenvalue weighted by molar-refractivity contribution is 6.47. The van der Waals surface area contributed by atoms with E-state index in [2.05, 4.69) is 11.1 Å². The summed E-state index contributed by atoms with van der Waals surface area (Å²) >= 11 is 37.5. The molecule has 27 heavy (non-hydrogen) atoms. The second-order valence-corrected chi connectivity index (χ2v) is 7.85. The van der Waals surface area contributed by atoms with Crippen molar-refractivity contribution >= 4 is 69.6 Å². The summed E-state index contributed by atoms with van der Waals surface area (Å²) < 4.78 is 0. The lowest BCUT2D eigenvalue weighted by molar-refractivity contribution is 1.12. The van der Waals surface area contributed by atoms with Gasteiger partial charge in [-0.2, -0.15) is 5.26 Å². The first-order valence-corrected chi connectivity index (χ1v) is 9.76. The molecule has 2 aromatic carbocycles. The molecule has 0 fully saturated rings. The molecule has 136 valence electrons. The number of benzene rings is 2. The van der Waals surface area contributed by atoms with Gasteiger partial charge in [0.1, 0.15) is 0 Å². The monoisotopic (exact) mass is 474 g/mol. The molecule has 3 aromatic rings. The van der Waals surface area contributed by atoms with Gasteiger partial charge in [-0.1, -0.05) is 75.7 Å². The number of rotatable bonds is 3. The summed E-state index contributed by atoms with van der Waals surface area (Å²) in [6.45, 7) is 0. The first-order valence-electron chi connectivity index (χ1n) is 7.49. The SMILES string of the molecule is N#CCc1nc(-c2c(Cl)ccc(Cl)c2Cl)ccc1-c1c(Cl)ccc(Cl)c1Cl. The Morgan fingerprint density at radius 1 is 0.704 bits per heavy atom. The third kappa shape index (κ3) is 4.00. The molecule has 1 aromatic heterocycles. The topological polar surface area (TPSA) is 36.7 Å². The molecule has 2 nitrogen and oxygen atoms in total. The van der Waals surface area contributed by atoms with E-state index in [1.807, 2.05) is 0 Å². The molecule has 0 atom stereocenters. The van der Waals surface area contributed by atoms with E-state index < -0.39 is 0 Å². The molecule has 0 unspecified atom stereocenters. The number of aromatic nitrogens is 1. The van der Waals surface area contributed by atoms with E-state index in [4.69, 9.17) is 69.6 Å². The quantitative estimate of drug-likeness (QED) is 0.356. The van der Waals surface area contributed by atoms with Gasteiger partial charge in [-0.05, 0) is 30.3 Å². The van der Waals surface area contributed by atoms with Crippen molar-refractivity contribution in [3.05, 3.63) is 72.2 Å². The van der Waals surface area contributed by atoms with Crippen LogP contribution in [0.25, 0.3) is 22.4 Å². The summed E-state index contributed by atoms with van der Waals surface area (Å²) in [6, 6.07) is 12.0. The zero-order chi connectivity index (χ0) is 19.7. The van der Waals surface area contributed by atoms with E-state index in [0.717, 1.165) is 0 Å². The molecule has 1 heterocycles. The second-order valence-electron chi connectivity index (χ2n) is 5.46. The Kier molecular flexibility index (Phi) is 6.43. The van der Waals surface area contributed by atoms with E-state index in [1.54, 1.807) is 36.4 Å². The van der Waals surface area contributed by atoms with Crippen LogP contribution in [0.3, 0.4) is 0 Å². The van der Waals surface area contributed by atoms with Crippen LogP contribution in [0.5, 0.6) is 0 Å². The van der Waals surface area contributed by atoms with Crippen LogP contribution < -0.4 is 0 Å². The Morgan fingerprint density at radius 3 is 1.81 bits per heavy atom. The first kappa shape index (κ1) is 20.6. The molecule has 0 aliphatic rings. The molecule has 0 spiro atoms. The van der Waals surface area contributed by atoms with Crippen molar-refractivity contribution in [2.45, 2.75) is 6.42 Å². The van der Waals surface area contributed by atoms with Gasteiger partial charge in [-0.25, -0.2) is 0 Å². The minimum Gasteiger partial charge on any atom is -0.251 e. The molecule has 0 aliphatic heterocycles. The lowest BCUT2D eigenvalue weighted by atomic mass is 10.00. The summed E-state index contributed by atoms with van der Waals surface area (Å²) in [7, 11) is 0. The minimum absolute atomic E-state index is 0.0259. The predicted octanol–water partition coefficient (Wildman–Crippen LogP) is 8.40. The molecule has 0 saturated heterocycles. The standard InChI is InChI=1S/C19H8Cl6N2/c20-10-2-4-12(22)18(24)16(10)9-1-6-15(27-14(9)7-8-26)17-11(21)3-5-13(23)19(17)25/h1-6H,7H2. The highest BCUT2D eigenvalue weighted by Crippen LogP contribution is 2.42. The summed E-state index contributed by atoms with van der Waals surface area (Å²) in [4.78, 5) is 4.57. The summed E-state index contributed by atoms with van der Waals surface area (Å²) in [5.41, 5.74) is 2.55. The van der Waals surface area contributed by atoms with Gasteiger partial charge in [-0.3, -0.25) is 4.98 Å². The zero-order valence-electron chi connectivity index (χ0n) is 13.3. The van der Waals surface area contributed by atoms with Crippen LogP contribution in [-0.4, -0.2) is 4.98 Å². The van der Waals surface area contributed by atoms with E-state index in [9.17, 15) is 5.26 Å². The minimum atomic E-state index is 0.0259. The second kappa shape index (κ2) is 8.45. The Labute approximate surface area is 186 Å². The van der Waals surface area contributed by atoms with Crippen LogP contribution >= 0.6 is 69.6 Å². The van der Waals surface area contributed by atoms with Gasteiger partial charge in [0.15, 0.2) is 0 Å². The fourth-order valence-corrected chi connectivity index (χ4v) is 4.07. The van der Waals surface area contributed by atoms with Gasteiger partial charge in [0.05, 0.1) is 54.0 Å². The molecule has 0 saturated carbocycles. The van der Waals surface area contributed by atoms with Crippen molar-refractivity contribution < 1.29 is 0 Å². The van der Waals surface area contributed by atoms with Gasteiger partial charge in [0.2, 0.25) is 0 Å². The maximum Gasteiger partial charge on any atom is 0.0781 e. The maximum atomic E-state index is 9.24. The van der Waals surface area contributed by atoms with Crippen LogP contribution in [0.1, 0.15) is 5.69 Å². The maximum absolute atomic E-state index is 9.24. The third-order valence-corrected chi connectivity index (χ3v) is 6.07. The van der Waals surface area contributed by atoms with Gasteiger partial charge >= 0.3 is 0 Å². The van der Waals surface area contributed by atoms with Crippen molar-refractivity contribution in [2.24, 2.45) is 0 Å². The molecule has 0 radical (unpaired) electrons. The fraction of sp³-hybridized carbons (Fsp3) is 0.0526. The molecule has 0 amide bonds. The molecular formula is C19H8Cl6N2. The predicted molar refractivity (Wildman–Crippen MR) is 114 cm³/mol. The van der Waals surface area contributed by atoms with Gasteiger partial charge < -0.3 is 0 Å². The first-order chi connectivity index (χ1) is 12.8. The molecular weight excluding hydrogens is 469 g/mol. The van der Waals surface area contributed by atoms with Crippen LogP contribution in [0.2, 0.25) is 30.1 Å². The highest BCUT2D eigenvalue weighted by Gasteiger charge is 2.19. The molecule has 8 heteroatoms. The van der Waals surface area contributed by atoms with Crippen LogP contribution in [0, 0.1) is 11.3 Å². The van der Waals surface area contributed by atoms with Crippen molar-refractivity contribution in [1.29, 1.82) is 5.26 Å². The van der Waals surface area contributed by atoms with Crippen LogP contribution in [0.4, 0.5) is 0 Å². The zero-order valence-corrected chi connectivity index (χ0v) is 17.9. The molecule has 0 N–H and O–H groups in total. The Balaban J connectivity index is 2.27. The summed E-state index contributed by atoms with van der Waals surface area (Å²) in [6.07, 6.45) is 0.0259. The number of nitrogens with zero attached hydrogens (tertiary/aromatic N) is 2. The van der Waals surface area contributed by atoms with Crippen molar-refractivity contribution in [1.82, 2.24) is 4.98 Å². The lowest BCUT2D eigenvalue weighted by Crippen LogP contribution is -1.98. The Hall–Kier alpha value is -1.18. The van der Waals surface area contributed by atoms with Gasteiger partial charge in [0, 0.05) is 16.7 Å². The van der Waals surface area contributed by atoms with Crippen molar-refractivity contribution in [3.8, 4) is 28.5 Å². The van der Waals surface area contributed by atoms with Crippen LogP contribution in [-0.2, 0) is 6.42 Å². The lowest BCUT2D eigenvalue weighted by Gasteiger charge is -2.14. The van der Waals surface area contributed by atoms with E-state index in [0.29, 0.717) is 48.2 Å². The summed E-state index contributed by atoms with van der Waals surface area (Å²) in [5.74, 6) is 0. The number of pyridine rings is 1. The van der Waals surface area contributed by atoms with E-state index in [1.165, 1.54) is 0 Å². The Bertz CT molecular complexity index is 1090. The molecule has 0 aliphatic carbocycles.